The highest BCUT2D eigenvalue weighted by atomic mass is 79.9. The second-order valence-corrected chi connectivity index (χ2v) is 8.24. The summed E-state index contributed by atoms with van der Waals surface area (Å²) in [6, 6.07) is 14.4. The summed E-state index contributed by atoms with van der Waals surface area (Å²) in [7, 11) is -3.52. The molecule has 1 amide bonds. The summed E-state index contributed by atoms with van der Waals surface area (Å²) in [5.41, 5.74) is 2.41. The summed E-state index contributed by atoms with van der Waals surface area (Å²) in [6.45, 7) is 2.04. The summed E-state index contributed by atoms with van der Waals surface area (Å²) in [4.78, 5) is 11.9. The number of nitrogens with one attached hydrogen (secondary N) is 1. The molecular weight excluding hydrogens is 378 g/mol. The van der Waals surface area contributed by atoms with Gasteiger partial charge in [-0.05, 0) is 41.8 Å². The molecule has 4 nitrogen and oxygen atoms in total. The van der Waals surface area contributed by atoms with Crippen LogP contribution in [-0.2, 0) is 26.8 Å². The molecule has 0 aliphatic rings. The van der Waals surface area contributed by atoms with E-state index in [9.17, 15) is 13.2 Å². The van der Waals surface area contributed by atoms with Crippen LogP contribution in [0.5, 0.6) is 0 Å². The minimum absolute atomic E-state index is 0.158. The molecule has 0 fully saturated rings. The van der Waals surface area contributed by atoms with Crippen molar-refractivity contribution in [1.29, 1.82) is 0 Å². The average molecular weight is 396 g/mol. The number of hydrogen-bond donors (Lipinski definition) is 1. The summed E-state index contributed by atoms with van der Waals surface area (Å²) in [5, 5.41) is 2.62. The fourth-order valence-corrected chi connectivity index (χ4v) is 3.86. The zero-order valence-electron chi connectivity index (χ0n) is 12.8. The monoisotopic (exact) mass is 395 g/mol. The lowest BCUT2D eigenvalue weighted by atomic mass is 10.1. The molecule has 0 unspecified atom stereocenters. The molecule has 0 saturated carbocycles. The first-order chi connectivity index (χ1) is 10.9. The summed E-state index contributed by atoms with van der Waals surface area (Å²) in [6.07, 6.45) is 0.912. The van der Waals surface area contributed by atoms with Crippen molar-refractivity contribution in [3.63, 3.8) is 0 Å². The Kier molecular flexibility index (Phi) is 5.96. The molecule has 0 saturated heterocycles. The van der Waals surface area contributed by atoms with E-state index in [0.29, 0.717) is 11.3 Å². The molecule has 1 N–H and O–H groups in total. The van der Waals surface area contributed by atoms with Crippen molar-refractivity contribution in [2.24, 2.45) is 0 Å². The van der Waals surface area contributed by atoms with Crippen LogP contribution < -0.4 is 5.32 Å². The lowest BCUT2D eigenvalue weighted by molar-refractivity contribution is -0.113. The number of hydrogen-bond acceptors (Lipinski definition) is 3. The van der Waals surface area contributed by atoms with E-state index in [0.717, 1.165) is 16.5 Å². The van der Waals surface area contributed by atoms with Crippen LogP contribution in [0.3, 0.4) is 0 Å². The molecule has 2 rings (SSSR count). The van der Waals surface area contributed by atoms with Gasteiger partial charge in [0.2, 0.25) is 5.91 Å². The van der Waals surface area contributed by atoms with Gasteiger partial charge in [0.1, 0.15) is 5.75 Å². The van der Waals surface area contributed by atoms with Crippen LogP contribution in [0, 0.1) is 0 Å². The number of carbonyl (C=O) groups excluding carboxylic acids is 1. The highest BCUT2D eigenvalue weighted by Crippen LogP contribution is 2.15. The predicted molar refractivity (Wildman–Crippen MR) is 96.1 cm³/mol. The lowest BCUT2D eigenvalue weighted by Crippen LogP contribution is -2.23. The number of rotatable bonds is 6. The first kappa shape index (κ1) is 17.7. The molecule has 0 heterocycles. The van der Waals surface area contributed by atoms with Gasteiger partial charge in [-0.25, -0.2) is 8.42 Å². The van der Waals surface area contributed by atoms with Crippen LogP contribution in [0.15, 0.2) is 53.0 Å². The number of amides is 1. The van der Waals surface area contributed by atoms with Crippen LogP contribution in [-0.4, -0.2) is 20.1 Å². The SMILES string of the molecule is CCc1ccc(NC(=O)CS(=O)(=O)Cc2cccc(Br)c2)cc1. The zero-order valence-corrected chi connectivity index (χ0v) is 15.2. The van der Waals surface area contributed by atoms with Gasteiger partial charge in [-0.15, -0.1) is 0 Å². The van der Waals surface area contributed by atoms with Crippen molar-refractivity contribution in [2.75, 3.05) is 11.1 Å². The van der Waals surface area contributed by atoms with Gasteiger partial charge in [0, 0.05) is 10.2 Å². The molecule has 0 aromatic heterocycles. The topological polar surface area (TPSA) is 63.2 Å². The lowest BCUT2D eigenvalue weighted by Gasteiger charge is -2.07. The van der Waals surface area contributed by atoms with Crippen LogP contribution >= 0.6 is 15.9 Å². The van der Waals surface area contributed by atoms with E-state index in [1.54, 1.807) is 30.3 Å². The Morgan fingerprint density at radius 3 is 2.39 bits per heavy atom. The molecule has 0 radical (unpaired) electrons. The molecule has 2 aromatic rings. The molecule has 2 aromatic carbocycles. The van der Waals surface area contributed by atoms with E-state index in [1.807, 2.05) is 25.1 Å². The van der Waals surface area contributed by atoms with E-state index in [4.69, 9.17) is 0 Å². The molecule has 0 aliphatic carbocycles. The number of halogens is 1. The third-order valence-corrected chi connectivity index (χ3v) is 5.24. The molecule has 0 bridgehead atoms. The zero-order chi connectivity index (χ0) is 16.9. The number of benzene rings is 2. The fraction of sp³-hybridized carbons (Fsp3) is 0.235. The van der Waals surface area contributed by atoms with Crippen molar-refractivity contribution in [1.82, 2.24) is 0 Å². The average Bonchev–Trinajstić information content (AvgIpc) is 2.46. The largest absolute Gasteiger partial charge is 0.325 e. The van der Waals surface area contributed by atoms with Gasteiger partial charge in [-0.3, -0.25) is 4.79 Å². The summed E-state index contributed by atoms with van der Waals surface area (Å²) < 4.78 is 25.1. The minimum Gasteiger partial charge on any atom is -0.325 e. The Morgan fingerprint density at radius 2 is 1.78 bits per heavy atom. The normalized spacial score (nSPS) is 11.2. The molecule has 0 aliphatic heterocycles. The minimum atomic E-state index is -3.52. The number of carbonyl (C=O) groups is 1. The van der Waals surface area contributed by atoms with Gasteiger partial charge in [-0.2, -0.15) is 0 Å². The van der Waals surface area contributed by atoms with Crippen molar-refractivity contribution in [3.05, 3.63) is 64.1 Å². The number of sulfone groups is 1. The summed E-state index contributed by atoms with van der Waals surface area (Å²) >= 11 is 3.30. The van der Waals surface area contributed by atoms with Gasteiger partial charge in [0.25, 0.3) is 0 Å². The first-order valence-electron chi connectivity index (χ1n) is 7.21. The van der Waals surface area contributed by atoms with E-state index in [-0.39, 0.29) is 5.75 Å². The van der Waals surface area contributed by atoms with Crippen LogP contribution in [0.4, 0.5) is 5.69 Å². The Bertz CT molecular complexity index is 786. The van der Waals surface area contributed by atoms with Gasteiger partial charge >= 0.3 is 0 Å². The van der Waals surface area contributed by atoms with E-state index < -0.39 is 21.5 Å². The number of anilines is 1. The Labute approximate surface area is 145 Å². The second kappa shape index (κ2) is 7.75. The van der Waals surface area contributed by atoms with Crippen molar-refractivity contribution >= 4 is 37.4 Å². The first-order valence-corrected chi connectivity index (χ1v) is 9.83. The maximum absolute atomic E-state index is 12.1. The molecule has 6 heteroatoms. The third-order valence-electron chi connectivity index (χ3n) is 3.27. The van der Waals surface area contributed by atoms with Gasteiger partial charge in [-0.1, -0.05) is 47.1 Å². The highest BCUT2D eigenvalue weighted by molar-refractivity contribution is 9.10. The van der Waals surface area contributed by atoms with Crippen LogP contribution in [0.2, 0.25) is 0 Å². The van der Waals surface area contributed by atoms with E-state index in [1.165, 1.54) is 0 Å². The van der Waals surface area contributed by atoms with E-state index >= 15 is 0 Å². The standard InChI is InChI=1S/C17H18BrNO3S/c1-2-13-6-8-16(9-7-13)19-17(20)12-23(21,22)11-14-4-3-5-15(18)10-14/h3-10H,2,11-12H2,1H3,(H,19,20). The van der Waals surface area contributed by atoms with Crippen molar-refractivity contribution in [2.45, 2.75) is 19.1 Å². The highest BCUT2D eigenvalue weighted by Gasteiger charge is 2.17. The third kappa shape index (κ3) is 5.80. The van der Waals surface area contributed by atoms with Gasteiger partial charge in [0.05, 0.1) is 5.75 Å². The van der Waals surface area contributed by atoms with Crippen LogP contribution in [0.1, 0.15) is 18.1 Å². The maximum Gasteiger partial charge on any atom is 0.239 e. The van der Waals surface area contributed by atoms with Crippen LogP contribution in [0.25, 0.3) is 0 Å². The second-order valence-electron chi connectivity index (χ2n) is 5.26. The quantitative estimate of drug-likeness (QED) is 0.812. The molecule has 23 heavy (non-hydrogen) atoms. The Morgan fingerprint density at radius 1 is 1.09 bits per heavy atom. The Hall–Kier alpha value is -1.66. The maximum atomic E-state index is 12.1. The Balaban J connectivity index is 1.97. The molecule has 0 atom stereocenters. The smallest absolute Gasteiger partial charge is 0.239 e. The fourth-order valence-electron chi connectivity index (χ4n) is 2.15. The predicted octanol–water partition coefficient (Wildman–Crippen LogP) is 3.57. The van der Waals surface area contributed by atoms with E-state index in [2.05, 4.69) is 21.2 Å². The molecule has 0 spiro atoms. The summed E-state index contributed by atoms with van der Waals surface area (Å²) in [5.74, 6) is -1.21. The molecule has 122 valence electrons. The molecular formula is C17H18BrNO3S. The number of aryl methyl sites for hydroxylation is 1. The van der Waals surface area contributed by atoms with Gasteiger partial charge < -0.3 is 5.32 Å². The van der Waals surface area contributed by atoms with Gasteiger partial charge in [0.15, 0.2) is 9.84 Å². The van der Waals surface area contributed by atoms with Crippen molar-refractivity contribution < 1.29 is 13.2 Å². The van der Waals surface area contributed by atoms with Crippen molar-refractivity contribution in [3.8, 4) is 0 Å².